The Balaban J connectivity index is 2.45. The maximum Gasteiger partial charge on any atom is 0.170 e. The monoisotopic (exact) mass is 279 g/mol. The molecule has 0 fully saturated rings. The Hall–Kier alpha value is -1.75. The highest BCUT2D eigenvalue weighted by molar-refractivity contribution is 5.97. The first kappa shape index (κ1) is 16.3. The van der Waals surface area contributed by atoms with Gasteiger partial charge in [0.1, 0.15) is 12.4 Å². The van der Waals surface area contributed by atoms with Crippen molar-refractivity contribution in [2.45, 2.75) is 33.2 Å². The van der Waals surface area contributed by atoms with Crippen molar-refractivity contribution in [3.8, 4) is 5.75 Å². The van der Waals surface area contributed by atoms with Gasteiger partial charge >= 0.3 is 0 Å². The normalized spacial score (nSPS) is 12.2. The number of nitrogens with two attached hydrogens (primary N) is 1. The maximum atomic E-state index is 8.59. The predicted octanol–water partition coefficient (Wildman–Crippen LogP) is 2.28. The summed E-state index contributed by atoms with van der Waals surface area (Å²) in [6.07, 6.45) is 1.15. The minimum Gasteiger partial charge on any atom is -0.492 e. The molecule has 0 bridgehead atoms. The molecule has 0 aliphatic heterocycles. The molecule has 0 radical (unpaired) electrons. The minimum atomic E-state index is 0.102. The highest BCUT2D eigenvalue weighted by Crippen LogP contribution is 2.12. The van der Waals surface area contributed by atoms with E-state index >= 15 is 0 Å². The number of oxime groups is 1. The molecule has 5 nitrogen and oxygen atoms in total. The summed E-state index contributed by atoms with van der Waals surface area (Å²) in [5.41, 5.74) is 6.18. The zero-order valence-electron chi connectivity index (χ0n) is 12.5. The summed E-state index contributed by atoms with van der Waals surface area (Å²) >= 11 is 0. The summed E-state index contributed by atoms with van der Waals surface area (Å²) in [5.74, 6) is 0.894. The molecule has 1 aromatic rings. The summed E-state index contributed by atoms with van der Waals surface area (Å²) in [7, 11) is 0. The molecular weight excluding hydrogens is 254 g/mol. The Morgan fingerprint density at radius 2 is 1.95 bits per heavy atom. The lowest BCUT2D eigenvalue weighted by Gasteiger charge is -2.25. The fourth-order valence-corrected chi connectivity index (χ4v) is 1.98. The lowest BCUT2D eigenvalue weighted by atomic mass is 10.2. The molecule has 0 unspecified atom stereocenters. The molecule has 1 rings (SSSR count). The van der Waals surface area contributed by atoms with Gasteiger partial charge in [-0.15, -0.1) is 0 Å². The van der Waals surface area contributed by atoms with Crippen LogP contribution < -0.4 is 10.5 Å². The van der Waals surface area contributed by atoms with Crippen LogP contribution in [0.2, 0.25) is 0 Å². The molecule has 112 valence electrons. The maximum absolute atomic E-state index is 8.59. The van der Waals surface area contributed by atoms with Crippen molar-refractivity contribution in [3.05, 3.63) is 29.8 Å². The first-order valence-electron chi connectivity index (χ1n) is 7.03. The Bertz CT molecular complexity index is 416. The van der Waals surface area contributed by atoms with Crippen LogP contribution >= 0.6 is 0 Å². The molecule has 0 aromatic heterocycles. The van der Waals surface area contributed by atoms with Gasteiger partial charge < -0.3 is 15.7 Å². The average molecular weight is 279 g/mol. The third kappa shape index (κ3) is 5.09. The second kappa shape index (κ2) is 8.43. The number of rotatable bonds is 8. The van der Waals surface area contributed by atoms with Gasteiger partial charge in [-0.05, 0) is 51.1 Å². The molecule has 0 saturated carbocycles. The van der Waals surface area contributed by atoms with Gasteiger partial charge in [-0.1, -0.05) is 12.1 Å². The first-order chi connectivity index (χ1) is 9.58. The molecule has 0 saturated heterocycles. The molecule has 0 amide bonds. The van der Waals surface area contributed by atoms with Crippen molar-refractivity contribution in [1.29, 1.82) is 0 Å². The van der Waals surface area contributed by atoms with Crippen molar-refractivity contribution in [2.24, 2.45) is 10.9 Å². The number of amidine groups is 1. The molecule has 0 spiro atoms. The number of ether oxygens (including phenoxy) is 1. The fourth-order valence-electron chi connectivity index (χ4n) is 1.98. The number of nitrogens with zero attached hydrogens (tertiary/aromatic N) is 2. The SMILES string of the molecule is CCCN(CCOc1ccc(/C(N)=N/O)cc1)C(C)C. The molecule has 0 heterocycles. The summed E-state index contributed by atoms with van der Waals surface area (Å²) in [5, 5.41) is 11.5. The number of hydrogen-bond donors (Lipinski definition) is 2. The molecule has 3 N–H and O–H groups in total. The molecule has 0 aliphatic rings. The third-order valence-electron chi connectivity index (χ3n) is 3.15. The van der Waals surface area contributed by atoms with Crippen LogP contribution in [0.15, 0.2) is 29.4 Å². The summed E-state index contributed by atoms with van der Waals surface area (Å²) < 4.78 is 5.72. The van der Waals surface area contributed by atoms with Crippen LogP contribution in [0, 0.1) is 0 Å². The van der Waals surface area contributed by atoms with E-state index in [-0.39, 0.29) is 5.84 Å². The molecular formula is C15H25N3O2. The Labute approximate surface area is 121 Å². The van der Waals surface area contributed by atoms with Crippen molar-refractivity contribution in [1.82, 2.24) is 4.90 Å². The largest absolute Gasteiger partial charge is 0.492 e. The van der Waals surface area contributed by atoms with Crippen molar-refractivity contribution >= 4 is 5.84 Å². The van der Waals surface area contributed by atoms with E-state index in [1.54, 1.807) is 12.1 Å². The van der Waals surface area contributed by atoms with Gasteiger partial charge in [0.25, 0.3) is 0 Å². The van der Waals surface area contributed by atoms with Gasteiger partial charge in [-0.25, -0.2) is 0 Å². The van der Waals surface area contributed by atoms with Gasteiger partial charge in [-0.2, -0.15) is 0 Å². The fraction of sp³-hybridized carbons (Fsp3) is 0.533. The van der Waals surface area contributed by atoms with E-state index in [1.807, 2.05) is 12.1 Å². The highest BCUT2D eigenvalue weighted by Gasteiger charge is 2.08. The summed E-state index contributed by atoms with van der Waals surface area (Å²) in [6.45, 7) is 9.23. The van der Waals surface area contributed by atoms with E-state index in [0.717, 1.165) is 25.3 Å². The van der Waals surface area contributed by atoms with Crippen molar-refractivity contribution in [3.63, 3.8) is 0 Å². The molecule has 0 aliphatic carbocycles. The topological polar surface area (TPSA) is 71.1 Å². The van der Waals surface area contributed by atoms with Gasteiger partial charge in [-0.3, -0.25) is 4.90 Å². The van der Waals surface area contributed by atoms with E-state index < -0.39 is 0 Å². The van der Waals surface area contributed by atoms with E-state index in [2.05, 4.69) is 30.8 Å². The van der Waals surface area contributed by atoms with E-state index in [0.29, 0.717) is 18.2 Å². The minimum absolute atomic E-state index is 0.102. The van der Waals surface area contributed by atoms with E-state index in [1.165, 1.54) is 0 Å². The summed E-state index contributed by atoms with van der Waals surface area (Å²) in [4.78, 5) is 2.39. The van der Waals surface area contributed by atoms with Gasteiger partial charge in [0.2, 0.25) is 0 Å². The Morgan fingerprint density at radius 1 is 1.30 bits per heavy atom. The zero-order valence-corrected chi connectivity index (χ0v) is 12.5. The standard InChI is InChI=1S/C15H25N3O2/c1-4-9-18(12(2)3)10-11-20-14-7-5-13(6-8-14)15(16)17-19/h5-8,12,19H,4,9-11H2,1-3H3,(H2,16,17). The van der Waals surface area contributed by atoms with Crippen molar-refractivity contribution in [2.75, 3.05) is 19.7 Å². The van der Waals surface area contributed by atoms with Crippen LogP contribution in [0.25, 0.3) is 0 Å². The van der Waals surface area contributed by atoms with Crippen LogP contribution in [0.5, 0.6) is 5.75 Å². The molecule has 1 aromatic carbocycles. The number of hydrogen-bond acceptors (Lipinski definition) is 4. The zero-order chi connectivity index (χ0) is 15.0. The van der Waals surface area contributed by atoms with Crippen LogP contribution in [0.4, 0.5) is 0 Å². The van der Waals surface area contributed by atoms with Crippen LogP contribution in [0.1, 0.15) is 32.8 Å². The lowest BCUT2D eigenvalue weighted by molar-refractivity contribution is 0.176. The van der Waals surface area contributed by atoms with E-state index in [9.17, 15) is 0 Å². The Morgan fingerprint density at radius 3 is 2.45 bits per heavy atom. The van der Waals surface area contributed by atoms with Gasteiger partial charge in [0.15, 0.2) is 5.84 Å². The number of benzene rings is 1. The first-order valence-corrected chi connectivity index (χ1v) is 7.03. The molecule has 0 atom stereocenters. The highest BCUT2D eigenvalue weighted by atomic mass is 16.5. The lowest BCUT2D eigenvalue weighted by Crippen LogP contribution is -2.35. The third-order valence-corrected chi connectivity index (χ3v) is 3.15. The second-order valence-electron chi connectivity index (χ2n) is 4.99. The second-order valence-corrected chi connectivity index (χ2v) is 4.99. The smallest absolute Gasteiger partial charge is 0.170 e. The average Bonchev–Trinajstić information content (AvgIpc) is 2.46. The molecule has 20 heavy (non-hydrogen) atoms. The van der Waals surface area contributed by atoms with E-state index in [4.69, 9.17) is 15.7 Å². The van der Waals surface area contributed by atoms with Crippen LogP contribution in [-0.4, -0.2) is 41.7 Å². The summed E-state index contributed by atoms with van der Waals surface area (Å²) in [6, 6.07) is 7.73. The van der Waals surface area contributed by atoms with Gasteiger partial charge in [0, 0.05) is 18.2 Å². The van der Waals surface area contributed by atoms with Crippen LogP contribution in [0.3, 0.4) is 0 Å². The van der Waals surface area contributed by atoms with Crippen LogP contribution in [-0.2, 0) is 0 Å². The van der Waals surface area contributed by atoms with Gasteiger partial charge in [0.05, 0.1) is 0 Å². The molecule has 5 heteroatoms. The van der Waals surface area contributed by atoms with Crippen molar-refractivity contribution < 1.29 is 9.94 Å². The quantitative estimate of drug-likeness (QED) is 0.331. The Kier molecular flexibility index (Phi) is 6.87. The predicted molar refractivity (Wildman–Crippen MR) is 81.4 cm³/mol.